The number of aryl methyl sites for hydroxylation is 2. The topological polar surface area (TPSA) is 52.3 Å². The van der Waals surface area contributed by atoms with E-state index in [2.05, 4.69) is 13.8 Å². The maximum atomic E-state index is 11.0. The van der Waals surface area contributed by atoms with Crippen molar-refractivity contribution in [1.29, 1.82) is 0 Å². The summed E-state index contributed by atoms with van der Waals surface area (Å²) < 4.78 is 5.71. The summed E-state index contributed by atoms with van der Waals surface area (Å²) in [6, 6.07) is 13.1. The number of ether oxygens (including phenoxy) is 1. The SMILES string of the molecule is Cc1ccc(OCc2ccc(C(N)=O)cc2)cc1C. The molecular formula is C16H17NO2. The van der Waals surface area contributed by atoms with Crippen molar-refractivity contribution in [3.05, 3.63) is 64.7 Å². The Morgan fingerprint density at radius 1 is 1.05 bits per heavy atom. The molecule has 2 rings (SSSR count). The van der Waals surface area contributed by atoms with Crippen LogP contribution in [0.15, 0.2) is 42.5 Å². The summed E-state index contributed by atoms with van der Waals surface area (Å²) in [6.45, 7) is 4.60. The van der Waals surface area contributed by atoms with Crippen LogP contribution in [-0.2, 0) is 6.61 Å². The number of benzene rings is 2. The molecule has 2 aromatic carbocycles. The van der Waals surface area contributed by atoms with Gasteiger partial charge in [0.2, 0.25) is 5.91 Å². The van der Waals surface area contributed by atoms with Crippen molar-refractivity contribution in [2.75, 3.05) is 0 Å². The van der Waals surface area contributed by atoms with Crippen LogP contribution in [0.2, 0.25) is 0 Å². The summed E-state index contributed by atoms with van der Waals surface area (Å²) in [4.78, 5) is 11.0. The van der Waals surface area contributed by atoms with E-state index in [0.717, 1.165) is 11.3 Å². The minimum Gasteiger partial charge on any atom is -0.489 e. The van der Waals surface area contributed by atoms with Crippen molar-refractivity contribution in [1.82, 2.24) is 0 Å². The van der Waals surface area contributed by atoms with Crippen molar-refractivity contribution in [3.63, 3.8) is 0 Å². The van der Waals surface area contributed by atoms with Gasteiger partial charge in [0.25, 0.3) is 0 Å². The first-order valence-electron chi connectivity index (χ1n) is 6.15. The quantitative estimate of drug-likeness (QED) is 0.913. The Kier molecular flexibility index (Phi) is 3.85. The lowest BCUT2D eigenvalue weighted by atomic mass is 10.1. The lowest BCUT2D eigenvalue weighted by molar-refractivity contribution is 0.1000. The molecule has 98 valence electrons. The summed E-state index contributed by atoms with van der Waals surface area (Å²) in [5, 5.41) is 0. The Labute approximate surface area is 113 Å². The average molecular weight is 255 g/mol. The maximum absolute atomic E-state index is 11.0. The molecule has 0 fully saturated rings. The summed E-state index contributed by atoms with van der Waals surface area (Å²) >= 11 is 0. The average Bonchev–Trinajstić information content (AvgIpc) is 2.40. The smallest absolute Gasteiger partial charge is 0.248 e. The molecule has 3 heteroatoms. The number of carbonyl (C=O) groups is 1. The minimum atomic E-state index is -0.415. The third kappa shape index (κ3) is 3.35. The summed E-state index contributed by atoms with van der Waals surface area (Å²) in [7, 11) is 0. The van der Waals surface area contributed by atoms with E-state index < -0.39 is 5.91 Å². The van der Waals surface area contributed by atoms with Gasteiger partial charge in [0.05, 0.1) is 0 Å². The monoisotopic (exact) mass is 255 g/mol. The maximum Gasteiger partial charge on any atom is 0.248 e. The Morgan fingerprint density at radius 3 is 2.32 bits per heavy atom. The zero-order valence-electron chi connectivity index (χ0n) is 11.1. The molecule has 2 N–H and O–H groups in total. The molecule has 1 amide bonds. The van der Waals surface area contributed by atoms with E-state index in [-0.39, 0.29) is 0 Å². The second-order valence-electron chi connectivity index (χ2n) is 4.60. The number of rotatable bonds is 4. The molecule has 3 nitrogen and oxygen atoms in total. The van der Waals surface area contributed by atoms with Crippen molar-refractivity contribution in [3.8, 4) is 5.75 Å². The third-order valence-electron chi connectivity index (χ3n) is 3.12. The molecular weight excluding hydrogens is 238 g/mol. The van der Waals surface area contributed by atoms with Crippen molar-refractivity contribution in [2.45, 2.75) is 20.5 Å². The zero-order valence-corrected chi connectivity index (χ0v) is 11.1. The molecule has 0 saturated carbocycles. The van der Waals surface area contributed by atoms with Gasteiger partial charge in [0.15, 0.2) is 0 Å². The van der Waals surface area contributed by atoms with Gasteiger partial charge in [0.1, 0.15) is 12.4 Å². The van der Waals surface area contributed by atoms with Crippen molar-refractivity contribution in [2.24, 2.45) is 5.73 Å². The molecule has 0 heterocycles. The van der Waals surface area contributed by atoms with E-state index in [1.165, 1.54) is 11.1 Å². The Hall–Kier alpha value is -2.29. The Balaban J connectivity index is 2.01. The lowest BCUT2D eigenvalue weighted by Crippen LogP contribution is -2.10. The predicted molar refractivity (Wildman–Crippen MR) is 75.2 cm³/mol. The first kappa shape index (κ1) is 13.1. The highest BCUT2D eigenvalue weighted by Gasteiger charge is 2.01. The molecule has 0 saturated heterocycles. The van der Waals surface area contributed by atoms with Crippen LogP contribution in [0, 0.1) is 13.8 Å². The van der Waals surface area contributed by atoms with E-state index >= 15 is 0 Å². The summed E-state index contributed by atoms with van der Waals surface area (Å²) in [5.41, 5.74) is 9.16. The largest absolute Gasteiger partial charge is 0.489 e. The highest BCUT2D eigenvalue weighted by Crippen LogP contribution is 2.17. The van der Waals surface area contributed by atoms with Crippen molar-refractivity contribution < 1.29 is 9.53 Å². The van der Waals surface area contributed by atoms with Gasteiger partial charge in [0, 0.05) is 5.56 Å². The van der Waals surface area contributed by atoms with Crippen LogP contribution < -0.4 is 10.5 Å². The normalized spacial score (nSPS) is 10.2. The molecule has 0 atom stereocenters. The summed E-state index contributed by atoms with van der Waals surface area (Å²) in [6.07, 6.45) is 0. The van der Waals surface area contributed by atoms with Crippen LogP contribution in [0.5, 0.6) is 5.75 Å². The fraction of sp³-hybridized carbons (Fsp3) is 0.188. The first-order chi connectivity index (χ1) is 9.06. The van der Waals surface area contributed by atoms with Gasteiger partial charge < -0.3 is 10.5 Å². The zero-order chi connectivity index (χ0) is 13.8. The summed E-state index contributed by atoms with van der Waals surface area (Å²) in [5.74, 6) is 0.434. The van der Waals surface area contributed by atoms with Crippen LogP contribution in [0.1, 0.15) is 27.0 Å². The van der Waals surface area contributed by atoms with Crippen LogP contribution in [0.25, 0.3) is 0 Å². The molecule has 0 aromatic heterocycles. The fourth-order valence-electron chi connectivity index (χ4n) is 1.74. The molecule has 0 unspecified atom stereocenters. The fourth-order valence-corrected chi connectivity index (χ4v) is 1.74. The molecule has 0 aliphatic carbocycles. The van der Waals surface area contributed by atoms with Crippen LogP contribution in [0.3, 0.4) is 0 Å². The third-order valence-corrected chi connectivity index (χ3v) is 3.12. The number of carbonyl (C=O) groups excluding carboxylic acids is 1. The van der Waals surface area contributed by atoms with E-state index in [1.54, 1.807) is 12.1 Å². The van der Waals surface area contributed by atoms with Gasteiger partial charge >= 0.3 is 0 Å². The van der Waals surface area contributed by atoms with Gasteiger partial charge in [-0.3, -0.25) is 4.79 Å². The first-order valence-corrected chi connectivity index (χ1v) is 6.15. The van der Waals surface area contributed by atoms with Crippen LogP contribution >= 0.6 is 0 Å². The second-order valence-corrected chi connectivity index (χ2v) is 4.60. The number of nitrogens with two attached hydrogens (primary N) is 1. The van der Waals surface area contributed by atoms with E-state index in [1.807, 2.05) is 30.3 Å². The van der Waals surface area contributed by atoms with Crippen LogP contribution in [0.4, 0.5) is 0 Å². The van der Waals surface area contributed by atoms with E-state index in [4.69, 9.17) is 10.5 Å². The number of hydrogen-bond acceptors (Lipinski definition) is 2. The van der Waals surface area contributed by atoms with Gasteiger partial charge in [-0.1, -0.05) is 18.2 Å². The highest BCUT2D eigenvalue weighted by molar-refractivity contribution is 5.92. The second kappa shape index (κ2) is 5.57. The Bertz CT molecular complexity index is 588. The number of hydrogen-bond donors (Lipinski definition) is 1. The van der Waals surface area contributed by atoms with Crippen LogP contribution in [-0.4, -0.2) is 5.91 Å². The van der Waals surface area contributed by atoms with Gasteiger partial charge in [-0.05, 0) is 54.8 Å². The van der Waals surface area contributed by atoms with E-state index in [9.17, 15) is 4.79 Å². The molecule has 19 heavy (non-hydrogen) atoms. The molecule has 0 aliphatic heterocycles. The van der Waals surface area contributed by atoms with E-state index in [0.29, 0.717) is 12.2 Å². The molecule has 0 radical (unpaired) electrons. The predicted octanol–water partition coefficient (Wildman–Crippen LogP) is 2.98. The Morgan fingerprint density at radius 2 is 1.74 bits per heavy atom. The minimum absolute atomic E-state index is 0.415. The van der Waals surface area contributed by atoms with Gasteiger partial charge in [-0.15, -0.1) is 0 Å². The molecule has 2 aromatic rings. The van der Waals surface area contributed by atoms with Gasteiger partial charge in [-0.25, -0.2) is 0 Å². The number of amides is 1. The van der Waals surface area contributed by atoms with Gasteiger partial charge in [-0.2, -0.15) is 0 Å². The lowest BCUT2D eigenvalue weighted by Gasteiger charge is -2.08. The molecule has 0 bridgehead atoms. The van der Waals surface area contributed by atoms with Crippen molar-refractivity contribution >= 4 is 5.91 Å². The molecule has 0 spiro atoms. The standard InChI is InChI=1S/C16H17NO2/c1-11-3-8-15(9-12(11)2)19-10-13-4-6-14(7-5-13)16(17)18/h3-9H,10H2,1-2H3,(H2,17,18). The number of primary amides is 1. The molecule has 0 aliphatic rings. The highest BCUT2D eigenvalue weighted by atomic mass is 16.5.